The molecule has 15 heterocycles. The summed E-state index contributed by atoms with van der Waals surface area (Å²) in [5.74, 6) is 0.426. The molecule has 0 bridgehead atoms. The third-order valence-electron chi connectivity index (χ3n) is 17.9. The fraction of sp³-hybridized carbons (Fsp3) is 0.153. The fourth-order valence-electron chi connectivity index (χ4n) is 11.8. The van der Waals surface area contributed by atoms with E-state index in [1.54, 1.807) is 62.3 Å². The van der Waals surface area contributed by atoms with Gasteiger partial charge in [-0.05, 0) is 161 Å². The molecule has 0 spiro atoms. The number of benzene rings is 7. The van der Waals surface area contributed by atoms with E-state index in [1.807, 2.05) is 248 Å². The SMILES string of the molecule is Cc1c[nH]c2ccccc12.Cc1ccc2n[nH]nc2c1.Cc1ccc2ncccc2c1.Cc1ccc2nccnc2c1.Cc1cn2ccccc2n1.Cn1c(=O)c2c(ncn2C)n(C)c1=O.Cn1cnc2c(N)ncnc21.Cn1cnc2ccccc21.Cn1nc2ccccc2n1.Cn1nnc2ccccc21.Cn1nnc2cccnc21. The summed E-state index contributed by atoms with van der Waals surface area (Å²) in [5, 5.41) is 36.7. The Labute approximate surface area is 669 Å². The third kappa shape index (κ3) is 20.5. The Kier molecular flexibility index (Phi) is 26.2. The minimum absolute atomic E-state index is 0.317. The standard InChI is InChI=1S/C10H9N.C9H8N2.C9H9N.C8H10N4O2.2C8H8N2.3C7H7N3.C6H7N5.C6H6N4/c1-8-4-5-10-9(7-8)3-2-6-11-10;1-7-2-3-8-9(6-7)11-5-4-10-8;1-7-6-10-9-5-3-2-4-8(7)9;1-10-4-9-6-5(10)7(13)12(3)8(14)11(6)2;1-10-6-9-7-4-2-3-5-8(7)10;1-7-6-10-5-3-2-4-8(10)9-7;1-5-2-3-6-7(4-5)9-10-8-6;1-10-7-5-3-2-4-6(7)8-9-10;1-10-8-6-4-2-3-5-7(6)9-10;1-11-3-10-4-5(7)8-2-9-6(4)11;1-10-6-5(8-9-10)3-2-4-7-6/h2-7H,1H3;2-6H,1H3;2-6,10H,1H3;4H,1-3H3;2*2-6H,1H3;2-4H,1H3,(H,8,9,10);2*2-5H,1H3;2-3H,1H3,(H2,7,8,9);2-4H,1H3. The zero-order valence-corrected chi connectivity index (χ0v) is 66.8. The lowest BCUT2D eigenvalue weighted by Gasteiger charge is -2.02. The Hall–Kier alpha value is -15.8. The van der Waals surface area contributed by atoms with Gasteiger partial charge in [-0.1, -0.05) is 101 Å². The summed E-state index contributed by atoms with van der Waals surface area (Å²) >= 11 is 0. The Morgan fingerprint density at radius 2 is 1.01 bits per heavy atom. The van der Waals surface area contributed by atoms with Gasteiger partial charge < -0.3 is 28.8 Å². The number of nitrogens with two attached hydrogens (primary N) is 1. The second-order valence-electron chi connectivity index (χ2n) is 26.7. The van der Waals surface area contributed by atoms with E-state index in [9.17, 15) is 9.59 Å². The van der Waals surface area contributed by atoms with E-state index < -0.39 is 0 Å². The van der Waals surface area contributed by atoms with Crippen LogP contribution < -0.4 is 17.0 Å². The molecule has 0 amide bonds. The molecule has 117 heavy (non-hydrogen) atoms. The average molecular weight is 1560 g/mol. The van der Waals surface area contributed by atoms with Gasteiger partial charge in [0.2, 0.25) is 0 Å². The van der Waals surface area contributed by atoms with Gasteiger partial charge in [-0.3, -0.25) is 28.9 Å². The van der Waals surface area contributed by atoms with Crippen LogP contribution in [0.3, 0.4) is 0 Å². The van der Waals surface area contributed by atoms with Gasteiger partial charge in [0, 0.05) is 116 Å². The summed E-state index contributed by atoms with van der Waals surface area (Å²) < 4.78 is 13.3. The molecule has 32 heteroatoms. The molecule has 0 aliphatic rings. The van der Waals surface area contributed by atoms with Gasteiger partial charge in [0.25, 0.3) is 5.56 Å². The average Bonchev–Trinajstić information content (AvgIpc) is 1.65. The summed E-state index contributed by atoms with van der Waals surface area (Å²) in [4.78, 5) is 68.9. The zero-order chi connectivity index (χ0) is 82.5. The van der Waals surface area contributed by atoms with Crippen molar-refractivity contribution in [3.8, 4) is 0 Å². The van der Waals surface area contributed by atoms with Gasteiger partial charge in [-0.25, -0.2) is 49.0 Å². The number of anilines is 1. The predicted molar refractivity (Wildman–Crippen MR) is 458 cm³/mol. The first-order chi connectivity index (χ1) is 56.6. The third-order valence-corrected chi connectivity index (χ3v) is 17.9. The van der Waals surface area contributed by atoms with E-state index in [0.717, 1.165) is 87.9 Å². The highest BCUT2D eigenvalue weighted by molar-refractivity contribution is 5.84. The van der Waals surface area contributed by atoms with Gasteiger partial charge in [-0.2, -0.15) is 30.4 Å². The number of aryl methyl sites for hydroxylation is 12. The van der Waals surface area contributed by atoms with Crippen molar-refractivity contribution in [1.82, 2.24) is 142 Å². The number of imidazole rings is 4. The molecule has 4 N–H and O–H groups in total. The van der Waals surface area contributed by atoms with Crippen molar-refractivity contribution in [3.05, 3.63) is 312 Å². The van der Waals surface area contributed by atoms with Crippen molar-refractivity contribution in [2.24, 2.45) is 56.4 Å². The molecule has 0 aliphatic carbocycles. The molecule has 0 radical (unpaired) electrons. The van der Waals surface area contributed by atoms with Crippen molar-refractivity contribution in [3.63, 3.8) is 0 Å². The number of nitrogens with one attached hydrogen (secondary N) is 2. The summed E-state index contributed by atoms with van der Waals surface area (Å²) in [6.45, 7) is 10.3. The van der Waals surface area contributed by atoms with Gasteiger partial charge in [0.15, 0.2) is 28.3 Å². The van der Waals surface area contributed by atoms with Gasteiger partial charge in [0.1, 0.15) is 50.6 Å². The molecule has 0 unspecified atom stereocenters. The molecule has 0 aliphatic heterocycles. The van der Waals surface area contributed by atoms with E-state index in [4.69, 9.17) is 5.73 Å². The number of H-pyrrole nitrogens is 2. The van der Waals surface area contributed by atoms with Crippen LogP contribution in [-0.4, -0.2) is 142 Å². The van der Waals surface area contributed by atoms with Crippen LogP contribution in [0, 0.1) is 34.6 Å². The molecule has 0 saturated carbocycles. The second-order valence-corrected chi connectivity index (χ2v) is 26.7. The fourth-order valence-corrected chi connectivity index (χ4v) is 11.8. The van der Waals surface area contributed by atoms with E-state index in [0.29, 0.717) is 22.5 Å². The number of para-hydroxylation sites is 4. The maximum absolute atomic E-state index is 11.7. The van der Waals surface area contributed by atoms with Crippen LogP contribution in [-0.2, 0) is 56.4 Å². The van der Waals surface area contributed by atoms with E-state index in [2.05, 4.69) is 157 Å². The zero-order valence-electron chi connectivity index (χ0n) is 66.8. The van der Waals surface area contributed by atoms with Crippen molar-refractivity contribution >= 4 is 122 Å². The molecule has 0 atom stereocenters. The highest BCUT2D eigenvalue weighted by atomic mass is 16.2. The Bertz CT molecular complexity index is 6620. The topological polar surface area (TPSA) is 368 Å². The van der Waals surface area contributed by atoms with Crippen molar-refractivity contribution in [2.45, 2.75) is 34.6 Å². The molecular weight excluding hydrogens is 1470 g/mol. The second kappa shape index (κ2) is 38.0. The van der Waals surface area contributed by atoms with Crippen LogP contribution in [0.25, 0.3) is 116 Å². The van der Waals surface area contributed by atoms with Crippen LogP contribution in [0.2, 0.25) is 0 Å². The summed E-state index contributed by atoms with van der Waals surface area (Å²) in [6.07, 6.45) is 19.4. The monoisotopic (exact) mass is 1560 g/mol. The van der Waals surface area contributed by atoms with Crippen LogP contribution in [0.5, 0.6) is 0 Å². The normalized spacial score (nSPS) is 10.5. The molecule has 0 fully saturated rings. The number of nitrogen functional groups attached to an aromatic ring is 1. The minimum Gasteiger partial charge on any atom is -0.382 e. The van der Waals surface area contributed by atoms with Crippen LogP contribution in [0.15, 0.2) is 272 Å². The number of hydrogen-bond acceptors (Lipinski definition) is 21. The van der Waals surface area contributed by atoms with Crippen LogP contribution >= 0.6 is 0 Å². The first-order valence-corrected chi connectivity index (χ1v) is 36.7. The number of pyridine rings is 3. The van der Waals surface area contributed by atoms with Crippen molar-refractivity contribution in [2.75, 3.05) is 5.73 Å². The molecule has 22 rings (SSSR count). The van der Waals surface area contributed by atoms with E-state index in [-0.39, 0.29) is 11.2 Å². The van der Waals surface area contributed by atoms with Gasteiger partial charge >= 0.3 is 5.69 Å². The quantitative estimate of drug-likeness (QED) is 0.127. The van der Waals surface area contributed by atoms with Gasteiger partial charge in [-0.15, -0.1) is 10.2 Å². The lowest BCUT2D eigenvalue weighted by atomic mass is 10.1. The molecule has 7 aromatic carbocycles. The van der Waals surface area contributed by atoms with Crippen molar-refractivity contribution in [1.29, 1.82) is 0 Å². The maximum Gasteiger partial charge on any atom is 0.332 e. The predicted octanol–water partition coefficient (Wildman–Crippen LogP) is 12.7. The molecule has 0 saturated heterocycles. The highest BCUT2D eigenvalue weighted by Gasteiger charge is 2.12. The summed E-state index contributed by atoms with van der Waals surface area (Å²) in [6, 6.07) is 64.1. The van der Waals surface area contributed by atoms with Crippen LogP contribution in [0.1, 0.15) is 27.9 Å². The number of rotatable bonds is 0. The number of fused-ring (bicyclic) bond motifs is 11. The highest BCUT2D eigenvalue weighted by Crippen LogP contribution is 2.18. The number of nitrogens with zero attached hydrogens (tertiary/aromatic N) is 27. The smallest absolute Gasteiger partial charge is 0.332 e. The summed E-state index contributed by atoms with van der Waals surface area (Å²) in [7, 11) is 14.2. The van der Waals surface area contributed by atoms with E-state index >= 15 is 0 Å². The number of hydrogen-bond donors (Lipinski definition) is 3. The first kappa shape index (κ1) is 80.7. The maximum atomic E-state index is 11.7. The Morgan fingerprint density at radius 3 is 1.73 bits per heavy atom. The van der Waals surface area contributed by atoms with Gasteiger partial charge in [0.05, 0.1) is 57.8 Å². The number of aromatic nitrogens is 29. The first-order valence-electron chi connectivity index (χ1n) is 36.7. The Morgan fingerprint density at radius 1 is 0.419 bits per heavy atom. The Balaban J connectivity index is 0.000000119. The van der Waals surface area contributed by atoms with Crippen molar-refractivity contribution < 1.29 is 0 Å². The molecule has 32 nitrogen and oxygen atoms in total. The van der Waals surface area contributed by atoms with E-state index in [1.165, 1.54) is 68.3 Å². The van der Waals surface area contributed by atoms with Crippen LogP contribution in [0.4, 0.5) is 5.82 Å². The summed E-state index contributed by atoms with van der Waals surface area (Å²) in [5.41, 5.74) is 28.1. The molecule has 15 aromatic heterocycles. The molecule has 22 aromatic rings. The lowest BCUT2D eigenvalue weighted by Crippen LogP contribution is -2.37. The number of aromatic amines is 2. The largest absolute Gasteiger partial charge is 0.382 e. The molecular formula is C85H86N30O2. The minimum atomic E-state index is -0.360. The lowest BCUT2D eigenvalue weighted by molar-refractivity contribution is 0.665. The molecule has 588 valence electrons.